The Hall–Kier alpha value is -4.52. The number of aliphatic hydroxyl groups is 1. The minimum Gasteiger partial charge on any atom is -0.507 e. The van der Waals surface area contributed by atoms with Crippen LogP contribution in [0.2, 0.25) is 0 Å². The third-order valence-electron chi connectivity index (χ3n) is 6.71. The monoisotopic (exact) mass is 510 g/mol. The Balaban J connectivity index is 1.71. The first-order valence-corrected chi connectivity index (χ1v) is 12.5. The number of methoxy groups -OCH3 is 1. The van der Waals surface area contributed by atoms with Crippen molar-refractivity contribution in [1.82, 2.24) is 4.57 Å². The van der Waals surface area contributed by atoms with Gasteiger partial charge in [-0.25, -0.2) is 0 Å². The van der Waals surface area contributed by atoms with Crippen LogP contribution in [0, 0.1) is 5.92 Å². The number of fused-ring (bicyclic) bond motifs is 1. The van der Waals surface area contributed by atoms with Crippen molar-refractivity contribution in [1.29, 1.82) is 0 Å². The minimum absolute atomic E-state index is 0.0307. The van der Waals surface area contributed by atoms with E-state index in [1.165, 1.54) is 4.90 Å². The summed E-state index contributed by atoms with van der Waals surface area (Å²) < 4.78 is 13.1. The molecule has 4 aromatic rings. The van der Waals surface area contributed by atoms with Crippen LogP contribution in [0.1, 0.15) is 31.0 Å². The molecular weight excluding hydrogens is 480 g/mol. The predicted molar refractivity (Wildman–Crippen MR) is 147 cm³/mol. The molecule has 3 aromatic carbocycles. The van der Waals surface area contributed by atoms with Crippen LogP contribution in [0.4, 0.5) is 5.69 Å². The zero-order valence-corrected chi connectivity index (χ0v) is 21.8. The highest BCUT2D eigenvalue weighted by Gasteiger charge is 2.47. The number of aromatic nitrogens is 1. The first-order valence-electron chi connectivity index (χ1n) is 12.5. The summed E-state index contributed by atoms with van der Waals surface area (Å²) in [7, 11) is 3.48. The average molecular weight is 511 g/mol. The van der Waals surface area contributed by atoms with Crippen molar-refractivity contribution in [3.05, 3.63) is 95.7 Å². The Morgan fingerprint density at radius 3 is 2.42 bits per heavy atom. The lowest BCUT2D eigenvalue weighted by Crippen LogP contribution is -2.29. The van der Waals surface area contributed by atoms with E-state index in [4.69, 9.17) is 9.47 Å². The third-order valence-corrected chi connectivity index (χ3v) is 6.71. The highest BCUT2D eigenvalue weighted by Crippen LogP contribution is 2.45. The molecule has 7 heteroatoms. The number of hydrogen-bond acceptors (Lipinski definition) is 5. The Labute approximate surface area is 221 Å². The molecule has 1 atom stereocenters. The van der Waals surface area contributed by atoms with E-state index in [0.717, 1.165) is 16.5 Å². The molecule has 1 unspecified atom stereocenters. The Morgan fingerprint density at radius 1 is 0.974 bits per heavy atom. The molecule has 0 spiro atoms. The van der Waals surface area contributed by atoms with Crippen LogP contribution < -0.4 is 14.4 Å². The van der Waals surface area contributed by atoms with Crippen LogP contribution in [0.25, 0.3) is 16.7 Å². The number of para-hydroxylation sites is 1. The molecule has 1 amide bonds. The van der Waals surface area contributed by atoms with E-state index in [-0.39, 0.29) is 11.3 Å². The molecule has 0 aliphatic carbocycles. The number of ketones is 1. The van der Waals surface area contributed by atoms with Gasteiger partial charge in [0.25, 0.3) is 11.7 Å². The number of aryl methyl sites for hydroxylation is 1. The van der Waals surface area contributed by atoms with Gasteiger partial charge < -0.3 is 19.1 Å². The molecule has 38 heavy (non-hydrogen) atoms. The summed E-state index contributed by atoms with van der Waals surface area (Å²) in [6.07, 6.45) is 1.91. The molecular formula is C31H30N2O5. The molecule has 0 bridgehead atoms. The Kier molecular flexibility index (Phi) is 6.68. The van der Waals surface area contributed by atoms with E-state index in [9.17, 15) is 14.7 Å². The lowest BCUT2D eigenvalue weighted by molar-refractivity contribution is -0.132. The molecule has 1 aromatic heterocycles. The van der Waals surface area contributed by atoms with Gasteiger partial charge >= 0.3 is 0 Å². The highest BCUT2D eigenvalue weighted by atomic mass is 16.5. The maximum absolute atomic E-state index is 13.6. The second kappa shape index (κ2) is 10.1. The van der Waals surface area contributed by atoms with E-state index < -0.39 is 17.7 Å². The quantitative estimate of drug-likeness (QED) is 0.192. The largest absolute Gasteiger partial charge is 0.507 e. The van der Waals surface area contributed by atoms with Crippen LogP contribution >= 0.6 is 0 Å². The molecule has 2 heterocycles. The fourth-order valence-corrected chi connectivity index (χ4v) is 4.88. The first-order chi connectivity index (χ1) is 18.3. The van der Waals surface area contributed by atoms with Crippen molar-refractivity contribution in [2.45, 2.75) is 19.9 Å². The normalized spacial score (nSPS) is 17.0. The van der Waals surface area contributed by atoms with Gasteiger partial charge in [-0.1, -0.05) is 44.2 Å². The summed E-state index contributed by atoms with van der Waals surface area (Å²) in [5.74, 6) is -0.161. The standard InChI is InChI=1S/C31H30N2O5/c1-19(2)18-38-23-9-7-8-20(16-23)29(34)27-28(25-17-32(3)26-11-6-5-10-24(25)26)33(31(36)30(27)35)21-12-14-22(37-4)15-13-21/h5-17,19,28,34H,18H2,1-4H3/b29-27+. The van der Waals surface area contributed by atoms with Gasteiger partial charge in [0.1, 0.15) is 17.3 Å². The van der Waals surface area contributed by atoms with Crippen molar-refractivity contribution >= 4 is 34.0 Å². The second-order valence-electron chi connectivity index (χ2n) is 9.81. The van der Waals surface area contributed by atoms with Crippen molar-refractivity contribution < 1.29 is 24.2 Å². The number of benzene rings is 3. The van der Waals surface area contributed by atoms with Crippen LogP contribution in [-0.2, 0) is 16.6 Å². The van der Waals surface area contributed by atoms with Gasteiger partial charge in [-0.15, -0.1) is 0 Å². The number of anilines is 1. The second-order valence-corrected chi connectivity index (χ2v) is 9.81. The number of hydrogen-bond donors (Lipinski definition) is 1. The summed E-state index contributed by atoms with van der Waals surface area (Å²) in [6, 6.07) is 20.9. The summed E-state index contributed by atoms with van der Waals surface area (Å²) in [5.41, 5.74) is 2.66. The molecule has 7 nitrogen and oxygen atoms in total. The zero-order chi connectivity index (χ0) is 27.0. The highest BCUT2D eigenvalue weighted by molar-refractivity contribution is 6.51. The molecule has 194 valence electrons. The Bertz CT molecular complexity index is 1550. The summed E-state index contributed by atoms with van der Waals surface area (Å²) in [4.78, 5) is 28.6. The predicted octanol–water partition coefficient (Wildman–Crippen LogP) is 5.85. The third kappa shape index (κ3) is 4.41. The van der Waals surface area contributed by atoms with Gasteiger partial charge in [0.05, 0.1) is 25.3 Å². The number of rotatable bonds is 7. The first kappa shape index (κ1) is 25.1. The van der Waals surface area contributed by atoms with Gasteiger partial charge in [0.15, 0.2) is 0 Å². The topological polar surface area (TPSA) is 81.0 Å². The van der Waals surface area contributed by atoms with E-state index >= 15 is 0 Å². The lowest BCUT2D eigenvalue weighted by Gasteiger charge is -2.25. The van der Waals surface area contributed by atoms with Gasteiger partial charge in [0.2, 0.25) is 0 Å². The number of carbonyl (C=O) groups excluding carboxylic acids is 2. The lowest BCUT2D eigenvalue weighted by atomic mass is 9.94. The maximum Gasteiger partial charge on any atom is 0.300 e. The van der Waals surface area contributed by atoms with Crippen molar-refractivity contribution in [2.75, 3.05) is 18.6 Å². The number of nitrogens with zero attached hydrogens (tertiary/aromatic N) is 2. The van der Waals surface area contributed by atoms with Crippen molar-refractivity contribution in [2.24, 2.45) is 13.0 Å². The molecule has 1 fully saturated rings. The summed E-state index contributed by atoms with van der Waals surface area (Å²) in [6.45, 7) is 4.62. The zero-order valence-electron chi connectivity index (χ0n) is 21.8. The van der Waals surface area contributed by atoms with Crippen LogP contribution in [0.3, 0.4) is 0 Å². The number of carbonyl (C=O) groups is 2. The van der Waals surface area contributed by atoms with E-state index in [0.29, 0.717) is 35.3 Å². The van der Waals surface area contributed by atoms with Gasteiger partial charge in [-0.05, 0) is 48.4 Å². The number of aliphatic hydroxyl groups excluding tert-OH is 1. The number of amides is 1. The van der Waals surface area contributed by atoms with Gasteiger partial charge in [0, 0.05) is 41.0 Å². The van der Waals surface area contributed by atoms with Crippen LogP contribution in [-0.4, -0.2) is 35.1 Å². The fourth-order valence-electron chi connectivity index (χ4n) is 4.88. The van der Waals surface area contributed by atoms with E-state index in [1.54, 1.807) is 55.6 Å². The number of Topliss-reactive ketones (excluding diaryl/α,β-unsaturated/α-hetero) is 1. The van der Waals surface area contributed by atoms with Crippen LogP contribution in [0.5, 0.6) is 11.5 Å². The van der Waals surface area contributed by atoms with Crippen molar-refractivity contribution in [3.63, 3.8) is 0 Å². The average Bonchev–Trinajstić information content (AvgIpc) is 3.40. The Morgan fingerprint density at radius 2 is 1.71 bits per heavy atom. The minimum atomic E-state index is -0.838. The smallest absolute Gasteiger partial charge is 0.300 e. The van der Waals surface area contributed by atoms with Gasteiger partial charge in [-0.3, -0.25) is 14.5 Å². The SMILES string of the molecule is COc1ccc(N2C(=O)C(=O)/C(=C(/O)c3cccc(OCC(C)C)c3)C2c2cn(C)c3ccccc23)cc1. The summed E-state index contributed by atoms with van der Waals surface area (Å²) >= 11 is 0. The summed E-state index contributed by atoms with van der Waals surface area (Å²) in [5, 5.41) is 12.5. The number of ether oxygens (including phenoxy) is 2. The molecule has 1 saturated heterocycles. The van der Waals surface area contributed by atoms with Crippen LogP contribution in [0.15, 0.2) is 84.6 Å². The fraction of sp³-hybridized carbons (Fsp3) is 0.226. The van der Waals surface area contributed by atoms with Crippen molar-refractivity contribution in [3.8, 4) is 11.5 Å². The molecule has 1 aliphatic heterocycles. The molecule has 1 N–H and O–H groups in total. The maximum atomic E-state index is 13.6. The molecule has 0 saturated carbocycles. The van der Waals surface area contributed by atoms with Gasteiger partial charge in [-0.2, -0.15) is 0 Å². The molecule has 0 radical (unpaired) electrons. The van der Waals surface area contributed by atoms with E-state index in [2.05, 4.69) is 13.8 Å². The molecule has 5 rings (SSSR count). The van der Waals surface area contributed by atoms with E-state index in [1.807, 2.05) is 42.1 Å². The molecule has 1 aliphatic rings.